The summed E-state index contributed by atoms with van der Waals surface area (Å²) in [5, 5.41) is 2.61. The fourth-order valence-corrected chi connectivity index (χ4v) is 1.47. The quantitative estimate of drug-likeness (QED) is 0.558. The van der Waals surface area contributed by atoms with Crippen LogP contribution in [0.15, 0.2) is 29.3 Å². The Labute approximate surface area is 70.9 Å². The number of hydrogen-bond acceptors (Lipinski definition) is 2. The average Bonchev–Trinajstić information content (AvgIpc) is 2.07. The minimum absolute atomic E-state index is 0.0168. The first-order valence-corrected chi connectivity index (χ1v) is 3.92. The molecule has 1 amide bonds. The smallest absolute Gasteiger partial charge is 0.237 e. The summed E-state index contributed by atoms with van der Waals surface area (Å²) in [6.07, 6.45) is 9.11. The number of hydrogen-bond donors (Lipinski definition) is 1. The van der Waals surface area contributed by atoms with Crippen molar-refractivity contribution in [3.05, 3.63) is 24.3 Å². The van der Waals surface area contributed by atoms with Gasteiger partial charge in [0, 0.05) is 0 Å². The number of fused-ring (bicyclic) bond motifs is 1. The molecule has 0 fully saturated rings. The molecule has 2 unspecified atom stereocenters. The van der Waals surface area contributed by atoms with Crippen molar-refractivity contribution >= 4 is 12.2 Å². The van der Waals surface area contributed by atoms with Gasteiger partial charge in [0.15, 0.2) is 0 Å². The van der Waals surface area contributed by atoms with Gasteiger partial charge in [-0.3, -0.25) is 9.79 Å². The molecule has 1 aliphatic carbocycles. The largest absolute Gasteiger partial charge is 0.316 e. The number of allylic oxidation sites excluding steroid dienone is 2. The molecule has 1 heterocycles. The predicted octanol–water partition coefficient (Wildman–Crippen LogP) is 0.645. The minimum Gasteiger partial charge on any atom is -0.316 e. The van der Waals surface area contributed by atoms with Crippen molar-refractivity contribution < 1.29 is 4.79 Å². The van der Waals surface area contributed by atoms with Crippen LogP contribution in [0, 0.1) is 5.41 Å². The second-order valence-corrected chi connectivity index (χ2v) is 3.22. The highest BCUT2D eigenvalue weighted by Crippen LogP contribution is 2.31. The Morgan fingerprint density at radius 2 is 2.42 bits per heavy atom. The molecule has 2 atom stereocenters. The number of amides is 1. The van der Waals surface area contributed by atoms with Gasteiger partial charge in [-0.15, -0.1) is 0 Å². The topological polar surface area (TPSA) is 41.5 Å². The molecule has 0 saturated heterocycles. The second kappa shape index (κ2) is 2.30. The van der Waals surface area contributed by atoms with Crippen molar-refractivity contribution in [2.24, 2.45) is 10.4 Å². The van der Waals surface area contributed by atoms with Crippen molar-refractivity contribution in [3.63, 3.8) is 0 Å². The van der Waals surface area contributed by atoms with Crippen LogP contribution in [0.5, 0.6) is 0 Å². The zero-order valence-electron chi connectivity index (χ0n) is 6.82. The van der Waals surface area contributed by atoms with Crippen LogP contribution >= 0.6 is 0 Å². The van der Waals surface area contributed by atoms with E-state index >= 15 is 0 Å². The lowest BCUT2D eigenvalue weighted by molar-refractivity contribution is -0.127. The molecular weight excluding hydrogens is 152 g/mol. The molecule has 0 saturated carbocycles. The van der Waals surface area contributed by atoms with E-state index in [4.69, 9.17) is 0 Å². The van der Waals surface area contributed by atoms with E-state index in [1.54, 1.807) is 0 Å². The number of aliphatic imine (C=N–C) groups is 1. The van der Waals surface area contributed by atoms with Crippen LogP contribution in [0.25, 0.3) is 0 Å². The lowest BCUT2D eigenvalue weighted by atomic mass is 9.78. The Hall–Kier alpha value is -1.38. The number of rotatable bonds is 0. The summed E-state index contributed by atoms with van der Waals surface area (Å²) in [6, 6.07) is -0.0313. The van der Waals surface area contributed by atoms with Crippen LogP contribution in [0.2, 0.25) is 0 Å². The van der Waals surface area contributed by atoms with E-state index in [0.717, 1.165) is 0 Å². The van der Waals surface area contributed by atoms with Crippen LogP contribution < -0.4 is 5.32 Å². The van der Waals surface area contributed by atoms with Crippen molar-refractivity contribution in [3.8, 4) is 0 Å². The zero-order valence-corrected chi connectivity index (χ0v) is 6.82. The highest BCUT2D eigenvalue weighted by atomic mass is 16.2. The molecule has 0 spiro atoms. The maximum Gasteiger partial charge on any atom is 0.237 e. The van der Waals surface area contributed by atoms with E-state index in [1.165, 1.54) is 6.34 Å². The third kappa shape index (κ3) is 0.826. The van der Waals surface area contributed by atoms with E-state index in [2.05, 4.69) is 10.3 Å². The maximum absolute atomic E-state index is 11.5. The van der Waals surface area contributed by atoms with E-state index in [-0.39, 0.29) is 11.9 Å². The molecule has 2 rings (SSSR count). The lowest BCUT2D eigenvalue weighted by Gasteiger charge is -2.33. The van der Waals surface area contributed by atoms with Gasteiger partial charge in [0.25, 0.3) is 0 Å². The van der Waals surface area contributed by atoms with Crippen LogP contribution in [0.1, 0.15) is 6.92 Å². The number of carbonyl (C=O) groups excluding carboxylic acids is 1. The van der Waals surface area contributed by atoms with Gasteiger partial charge in [0.1, 0.15) is 0 Å². The first-order chi connectivity index (χ1) is 5.73. The molecular formula is C9H10N2O. The van der Waals surface area contributed by atoms with Crippen molar-refractivity contribution in [2.45, 2.75) is 13.0 Å². The fourth-order valence-electron chi connectivity index (χ4n) is 1.47. The van der Waals surface area contributed by atoms with Crippen LogP contribution in [-0.4, -0.2) is 18.3 Å². The molecule has 2 aliphatic rings. The number of nitrogens with zero attached hydrogens (tertiary/aromatic N) is 1. The Balaban J connectivity index is 2.45. The highest BCUT2D eigenvalue weighted by Gasteiger charge is 2.40. The highest BCUT2D eigenvalue weighted by molar-refractivity contribution is 5.96. The summed E-state index contributed by atoms with van der Waals surface area (Å²) in [4.78, 5) is 15.6. The van der Waals surface area contributed by atoms with Crippen LogP contribution in [0.3, 0.4) is 0 Å². The summed E-state index contributed by atoms with van der Waals surface area (Å²) in [6.45, 7) is 1.89. The van der Waals surface area contributed by atoms with E-state index in [9.17, 15) is 4.79 Å². The standard InChI is InChI=1S/C9H10N2O/c1-9-5-3-2-4-7(9)10-6-11-8(9)12/h2-7H,1H3,(H,10,11,12). The lowest BCUT2D eigenvalue weighted by Crippen LogP contribution is -2.48. The average molecular weight is 162 g/mol. The molecule has 3 nitrogen and oxygen atoms in total. The third-order valence-corrected chi connectivity index (χ3v) is 2.38. The molecule has 1 N–H and O–H groups in total. The van der Waals surface area contributed by atoms with Gasteiger partial charge in [0.2, 0.25) is 5.91 Å². The van der Waals surface area contributed by atoms with Crippen molar-refractivity contribution in [2.75, 3.05) is 0 Å². The Bertz CT molecular complexity index is 304. The summed E-state index contributed by atoms with van der Waals surface area (Å²) in [5.41, 5.74) is -0.483. The van der Waals surface area contributed by atoms with Gasteiger partial charge >= 0.3 is 0 Å². The number of carbonyl (C=O) groups is 1. The van der Waals surface area contributed by atoms with Gasteiger partial charge in [-0.05, 0) is 6.92 Å². The molecule has 0 aromatic rings. The van der Waals surface area contributed by atoms with Crippen molar-refractivity contribution in [1.82, 2.24) is 5.32 Å². The van der Waals surface area contributed by atoms with E-state index < -0.39 is 5.41 Å². The minimum atomic E-state index is -0.483. The molecule has 0 radical (unpaired) electrons. The van der Waals surface area contributed by atoms with Crippen molar-refractivity contribution in [1.29, 1.82) is 0 Å². The third-order valence-electron chi connectivity index (χ3n) is 2.38. The Morgan fingerprint density at radius 1 is 1.58 bits per heavy atom. The Morgan fingerprint density at radius 3 is 3.17 bits per heavy atom. The Kier molecular flexibility index (Phi) is 1.40. The molecule has 0 aromatic carbocycles. The summed E-state index contributed by atoms with van der Waals surface area (Å²) >= 11 is 0. The molecule has 0 aromatic heterocycles. The predicted molar refractivity (Wildman–Crippen MR) is 46.8 cm³/mol. The first-order valence-electron chi connectivity index (χ1n) is 3.92. The normalized spacial score (nSPS) is 37.8. The zero-order chi connectivity index (χ0) is 8.60. The summed E-state index contributed by atoms with van der Waals surface area (Å²) < 4.78 is 0. The summed E-state index contributed by atoms with van der Waals surface area (Å²) in [5.74, 6) is 0.0168. The van der Waals surface area contributed by atoms with Crippen LogP contribution in [-0.2, 0) is 4.79 Å². The maximum atomic E-state index is 11.5. The molecule has 12 heavy (non-hydrogen) atoms. The summed E-state index contributed by atoms with van der Waals surface area (Å²) in [7, 11) is 0. The SMILES string of the molecule is CC12C=CC=CC1N=CNC2=O. The fraction of sp³-hybridized carbons (Fsp3) is 0.333. The van der Waals surface area contributed by atoms with Gasteiger partial charge in [-0.2, -0.15) is 0 Å². The molecule has 0 bridgehead atoms. The van der Waals surface area contributed by atoms with Gasteiger partial charge < -0.3 is 5.32 Å². The van der Waals surface area contributed by atoms with E-state index in [0.29, 0.717) is 0 Å². The molecule has 62 valence electrons. The second-order valence-electron chi connectivity index (χ2n) is 3.22. The van der Waals surface area contributed by atoms with Gasteiger partial charge in [0.05, 0.1) is 17.8 Å². The molecule has 3 heteroatoms. The van der Waals surface area contributed by atoms with Gasteiger partial charge in [-0.1, -0.05) is 24.3 Å². The van der Waals surface area contributed by atoms with Gasteiger partial charge in [-0.25, -0.2) is 0 Å². The van der Waals surface area contributed by atoms with E-state index in [1.807, 2.05) is 31.2 Å². The molecule has 1 aliphatic heterocycles. The monoisotopic (exact) mass is 162 g/mol. The number of nitrogens with one attached hydrogen (secondary N) is 1. The first kappa shape index (κ1) is 7.28. The van der Waals surface area contributed by atoms with Crippen LogP contribution in [0.4, 0.5) is 0 Å².